The monoisotopic (exact) mass is 436 g/mol. The van der Waals surface area contributed by atoms with Crippen LogP contribution in [0.5, 0.6) is 0 Å². The molecule has 5 heterocycles. The Morgan fingerprint density at radius 1 is 1.00 bits per heavy atom. The largest absolute Gasteiger partial charge is 0.353 e. The van der Waals surface area contributed by atoms with Crippen LogP contribution in [0.25, 0.3) is 28.0 Å². The van der Waals surface area contributed by atoms with Crippen LogP contribution in [0.4, 0.5) is 5.82 Å². The van der Waals surface area contributed by atoms with Gasteiger partial charge >= 0.3 is 0 Å². The van der Waals surface area contributed by atoms with E-state index < -0.39 is 0 Å². The van der Waals surface area contributed by atoms with Crippen molar-refractivity contribution < 1.29 is 4.79 Å². The Morgan fingerprint density at radius 2 is 1.81 bits per heavy atom. The summed E-state index contributed by atoms with van der Waals surface area (Å²) in [7, 11) is 1.87. The second-order valence-corrected chi connectivity index (χ2v) is 7.97. The molecule has 0 radical (unpaired) electrons. The van der Waals surface area contributed by atoms with Crippen molar-refractivity contribution in [3.63, 3.8) is 0 Å². The highest BCUT2D eigenvalue weighted by Crippen LogP contribution is 2.31. The van der Waals surface area contributed by atoms with E-state index in [1.54, 1.807) is 28.5 Å². The molecule has 0 unspecified atom stereocenters. The summed E-state index contributed by atoms with van der Waals surface area (Å²) in [6, 6.07) is 3.98. The number of rotatable bonds is 3. The summed E-state index contributed by atoms with van der Waals surface area (Å²) in [6.45, 7) is 4.55. The topological polar surface area (TPSA) is 84.5 Å². The van der Waals surface area contributed by atoms with E-state index in [0.29, 0.717) is 23.8 Å². The highest BCUT2D eigenvalue weighted by molar-refractivity contribution is 6.34. The molecule has 1 aliphatic heterocycles. The fraction of sp³-hybridized carbons (Fsp3) is 0.286. The second kappa shape index (κ2) is 7.66. The maximum atomic E-state index is 11.5. The Balaban J connectivity index is 1.49. The molecule has 158 valence electrons. The second-order valence-electron chi connectivity index (χ2n) is 7.56. The van der Waals surface area contributed by atoms with E-state index in [0.717, 1.165) is 41.2 Å². The molecule has 0 saturated carbocycles. The predicted octanol–water partition coefficient (Wildman–Crippen LogP) is 2.51. The molecular formula is C21H21ClN8O. The van der Waals surface area contributed by atoms with Gasteiger partial charge in [0.15, 0.2) is 0 Å². The van der Waals surface area contributed by atoms with Gasteiger partial charge in [0.25, 0.3) is 0 Å². The number of anilines is 1. The molecule has 31 heavy (non-hydrogen) atoms. The summed E-state index contributed by atoms with van der Waals surface area (Å²) < 4.78 is 3.47. The third kappa shape index (κ3) is 3.61. The number of halogens is 1. The van der Waals surface area contributed by atoms with E-state index in [9.17, 15) is 4.79 Å². The fourth-order valence-corrected chi connectivity index (χ4v) is 4.06. The van der Waals surface area contributed by atoms with Crippen molar-refractivity contribution in [2.45, 2.75) is 6.92 Å². The number of aryl methyl sites for hydroxylation is 1. The number of fused-ring (bicyclic) bond motifs is 1. The van der Waals surface area contributed by atoms with Crippen molar-refractivity contribution in [2.24, 2.45) is 7.05 Å². The lowest BCUT2D eigenvalue weighted by Gasteiger charge is -2.34. The van der Waals surface area contributed by atoms with Gasteiger partial charge in [-0.15, -0.1) is 0 Å². The van der Waals surface area contributed by atoms with Gasteiger partial charge in [0.05, 0.1) is 35.0 Å². The minimum atomic E-state index is 0.115. The number of carbonyl (C=O) groups is 1. The number of aromatic nitrogens is 6. The minimum absolute atomic E-state index is 0.115. The van der Waals surface area contributed by atoms with Crippen molar-refractivity contribution in [1.82, 2.24) is 34.3 Å². The highest BCUT2D eigenvalue weighted by atomic mass is 35.5. The summed E-state index contributed by atoms with van der Waals surface area (Å²) >= 11 is 6.42. The molecule has 1 amide bonds. The van der Waals surface area contributed by atoms with E-state index in [1.807, 2.05) is 42.7 Å². The van der Waals surface area contributed by atoms with E-state index in [4.69, 9.17) is 16.6 Å². The first-order valence-electron chi connectivity index (χ1n) is 9.99. The maximum absolute atomic E-state index is 11.5. The van der Waals surface area contributed by atoms with Gasteiger partial charge in [-0.05, 0) is 12.1 Å². The predicted molar refractivity (Wildman–Crippen MR) is 118 cm³/mol. The van der Waals surface area contributed by atoms with Gasteiger partial charge in [-0.1, -0.05) is 11.6 Å². The number of hydrogen-bond acceptors (Lipinski definition) is 6. The van der Waals surface area contributed by atoms with Gasteiger partial charge in [0.1, 0.15) is 11.3 Å². The van der Waals surface area contributed by atoms with Crippen molar-refractivity contribution in [1.29, 1.82) is 0 Å². The molecule has 5 rings (SSSR count). The summed E-state index contributed by atoms with van der Waals surface area (Å²) in [5, 5.41) is 9.14. The SMILES string of the molecule is CC(=O)N1CCN(c2ccc(-c3nc(-c4cnn(C)c4)cn4ncc(Cl)c34)cn2)CC1. The molecule has 0 atom stereocenters. The molecule has 0 bridgehead atoms. The molecule has 10 heteroatoms. The number of nitrogens with zero attached hydrogens (tertiary/aromatic N) is 8. The molecule has 4 aromatic rings. The Bertz CT molecular complexity index is 1250. The number of amides is 1. The normalized spacial score (nSPS) is 14.4. The Kier molecular flexibility index (Phi) is 4.82. The van der Waals surface area contributed by atoms with Gasteiger partial charge in [0, 0.05) is 63.7 Å². The summed E-state index contributed by atoms with van der Waals surface area (Å²) in [6.07, 6.45) is 8.95. The van der Waals surface area contributed by atoms with Crippen LogP contribution >= 0.6 is 11.6 Å². The third-order valence-corrected chi connectivity index (χ3v) is 5.80. The number of piperazine rings is 1. The first-order chi connectivity index (χ1) is 15.0. The summed E-state index contributed by atoms with van der Waals surface area (Å²) in [4.78, 5) is 25.1. The van der Waals surface area contributed by atoms with Crippen LogP contribution in [0.15, 0.2) is 43.1 Å². The maximum Gasteiger partial charge on any atom is 0.219 e. The van der Waals surface area contributed by atoms with Crippen LogP contribution in [-0.4, -0.2) is 66.3 Å². The molecule has 0 spiro atoms. The average Bonchev–Trinajstić information content (AvgIpc) is 3.39. The molecule has 0 aromatic carbocycles. The highest BCUT2D eigenvalue weighted by Gasteiger charge is 2.20. The fourth-order valence-electron chi connectivity index (χ4n) is 3.84. The van der Waals surface area contributed by atoms with Crippen molar-refractivity contribution in [3.8, 4) is 22.5 Å². The lowest BCUT2D eigenvalue weighted by atomic mass is 10.1. The standard InChI is InChI=1S/C21H21ClN8O/c1-14(31)28-5-7-29(8-6-28)19-4-3-15(9-23-19)20-21-17(22)11-25-30(21)13-18(26-20)16-10-24-27(2)12-16/h3-4,9-13H,5-8H2,1-2H3. The van der Waals surface area contributed by atoms with Gasteiger partial charge in [-0.3, -0.25) is 9.48 Å². The molecular weight excluding hydrogens is 416 g/mol. The van der Waals surface area contributed by atoms with E-state index in [1.165, 1.54) is 0 Å². The van der Waals surface area contributed by atoms with Crippen LogP contribution < -0.4 is 4.90 Å². The smallest absolute Gasteiger partial charge is 0.219 e. The Morgan fingerprint density at radius 3 is 2.45 bits per heavy atom. The lowest BCUT2D eigenvalue weighted by molar-refractivity contribution is -0.129. The van der Waals surface area contributed by atoms with Gasteiger partial charge in [0.2, 0.25) is 5.91 Å². The minimum Gasteiger partial charge on any atom is -0.353 e. The molecule has 4 aromatic heterocycles. The molecule has 0 N–H and O–H groups in total. The van der Waals surface area contributed by atoms with E-state index >= 15 is 0 Å². The van der Waals surface area contributed by atoms with Crippen LogP contribution in [0.2, 0.25) is 5.02 Å². The van der Waals surface area contributed by atoms with E-state index in [-0.39, 0.29) is 5.91 Å². The summed E-state index contributed by atoms with van der Waals surface area (Å²) in [5.41, 5.74) is 3.94. The van der Waals surface area contributed by atoms with Crippen LogP contribution in [0, 0.1) is 0 Å². The van der Waals surface area contributed by atoms with E-state index in [2.05, 4.69) is 20.1 Å². The molecule has 1 aliphatic rings. The average molecular weight is 437 g/mol. The van der Waals surface area contributed by atoms with Crippen molar-refractivity contribution in [3.05, 3.63) is 48.1 Å². The zero-order chi connectivity index (χ0) is 21.5. The molecule has 1 fully saturated rings. The molecule has 1 saturated heterocycles. The Hall–Kier alpha value is -3.46. The molecule has 9 nitrogen and oxygen atoms in total. The zero-order valence-electron chi connectivity index (χ0n) is 17.2. The number of hydrogen-bond donors (Lipinski definition) is 0. The van der Waals surface area contributed by atoms with Gasteiger partial charge < -0.3 is 9.80 Å². The summed E-state index contributed by atoms with van der Waals surface area (Å²) in [5.74, 6) is 0.996. The Labute approximate surface area is 183 Å². The number of carbonyl (C=O) groups excluding carboxylic acids is 1. The first-order valence-corrected chi connectivity index (χ1v) is 10.4. The lowest BCUT2D eigenvalue weighted by Crippen LogP contribution is -2.48. The number of pyridine rings is 1. The van der Waals surface area contributed by atoms with Crippen LogP contribution in [-0.2, 0) is 11.8 Å². The van der Waals surface area contributed by atoms with Crippen molar-refractivity contribution in [2.75, 3.05) is 31.1 Å². The quantitative estimate of drug-likeness (QED) is 0.490. The van der Waals surface area contributed by atoms with Gasteiger partial charge in [-0.2, -0.15) is 10.2 Å². The van der Waals surface area contributed by atoms with Crippen molar-refractivity contribution >= 4 is 28.8 Å². The third-order valence-electron chi connectivity index (χ3n) is 5.52. The van der Waals surface area contributed by atoms with Crippen LogP contribution in [0.1, 0.15) is 6.92 Å². The molecule has 0 aliphatic carbocycles. The van der Waals surface area contributed by atoms with Gasteiger partial charge in [-0.25, -0.2) is 14.5 Å². The van der Waals surface area contributed by atoms with Crippen LogP contribution in [0.3, 0.4) is 0 Å². The zero-order valence-corrected chi connectivity index (χ0v) is 18.0. The first kappa shape index (κ1) is 19.5.